The number of amides is 1. The Morgan fingerprint density at radius 3 is 2.38 bits per heavy atom. The number of hydrogen-bond acceptors (Lipinski definition) is 2. The van der Waals surface area contributed by atoms with Crippen molar-refractivity contribution in [2.24, 2.45) is 5.73 Å². The van der Waals surface area contributed by atoms with Gasteiger partial charge >= 0.3 is 0 Å². The van der Waals surface area contributed by atoms with E-state index in [1.165, 1.54) is 24.8 Å². The molecule has 2 N–H and O–H groups in total. The lowest BCUT2D eigenvalue weighted by Gasteiger charge is -2.36. The van der Waals surface area contributed by atoms with Crippen LogP contribution in [0, 0.1) is 0 Å². The van der Waals surface area contributed by atoms with Gasteiger partial charge in [-0.15, -0.1) is 0 Å². The zero-order valence-corrected chi connectivity index (χ0v) is 12.8. The molecule has 0 spiro atoms. The molecule has 0 bridgehead atoms. The second-order valence-corrected chi connectivity index (χ2v) is 6.53. The highest BCUT2D eigenvalue weighted by atomic mass is 16.2. The van der Waals surface area contributed by atoms with Gasteiger partial charge in [0.15, 0.2) is 0 Å². The van der Waals surface area contributed by atoms with Crippen molar-refractivity contribution in [2.45, 2.75) is 56.4 Å². The summed E-state index contributed by atoms with van der Waals surface area (Å²) in [5, 5.41) is 0. The summed E-state index contributed by atoms with van der Waals surface area (Å²) in [7, 11) is 0. The lowest BCUT2D eigenvalue weighted by molar-refractivity contribution is -0.136. The Morgan fingerprint density at radius 2 is 1.81 bits per heavy atom. The number of hydrogen-bond donors (Lipinski definition) is 1. The van der Waals surface area contributed by atoms with Crippen molar-refractivity contribution in [3.05, 3.63) is 35.9 Å². The highest BCUT2D eigenvalue weighted by molar-refractivity contribution is 5.91. The lowest BCUT2D eigenvalue weighted by Crippen LogP contribution is -2.48. The maximum atomic E-state index is 13.2. The zero-order valence-electron chi connectivity index (χ0n) is 12.8. The maximum absolute atomic E-state index is 13.2. The quantitative estimate of drug-likeness (QED) is 0.904. The molecular formula is C18H26N2O. The molecule has 0 radical (unpaired) electrons. The van der Waals surface area contributed by atoms with Crippen LogP contribution in [-0.4, -0.2) is 29.9 Å². The first kappa shape index (κ1) is 14.6. The lowest BCUT2D eigenvalue weighted by atomic mass is 9.90. The summed E-state index contributed by atoms with van der Waals surface area (Å²) in [6.45, 7) is 1.27. The summed E-state index contributed by atoms with van der Waals surface area (Å²) in [6.07, 6.45) is 8.08. The van der Waals surface area contributed by atoms with Gasteiger partial charge in [-0.1, -0.05) is 49.6 Å². The van der Waals surface area contributed by atoms with Crippen molar-refractivity contribution in [3.8, 4) is 0 Å². The number of carbonyl (C=O) groups excluding carboxylic acids is 1. The molecule has 0 aliphatic heterocycles. The Labute approximate surface area is 127 Å². The third-order valence-corrected chi connectivity index (χ3v) is 5.13. The first-order valence-corrected chi connectivity index (χ1v) is 8.34. The fourth-order valence-corrected chi connectivity index (χ4v) is 3.76. The monoisotopic (exact) mass is 286 g/mol. The van der Waals surface area contributed by atoms with E-state index >= 15 is 0 Å². The average Bonchev–Trinajstić information content (AvgIpc) is 3.35. The zero-order chi connectivity index (χ0) is 14.7. The molecule has 0 unspecified atom stereocenters. The normalized spacial score (nSPS) is 21.0. The third-order valence-electron chi connectivity index (χ3n) is 5.13. The summed E-state index contributed by atoms with van der Waals surface area (Å²) in [5.74, 6) is 0.325. The Bertz CT molecular complexity index is 475. The molecule has 2 aliphatic rings. The average molecular weight is 286 g/mol. The molecule has 0 saturated heterocycles. The molecule has 3 rings (SSSR count). The predicted octanol–water partition coefficient (Wildman–Crippen LogP) is 2.84. The number of carbonyl (C=O) groups is 1. The van der Waals surface area contributed by atoms with Crippen molar-refractivity contribution in [1.29, 1.82) is 0 Å². The van der Waals surface area contributed by atoms with Gasteiger partial charge in [0, 0.05) is 19.1 Å². The standard InChI is InChI=1S/C18H26N2O/c19-13-14-20(16-9-5-2-6-10-16)17(21)18(11-12-18)15-7-3-1-4-8-15/h1,3-4,7-8,16H,2,5-6,9-14,19H2. The van der Waals surface area contributed by atoms with Gasteiger partial charge in [-0.3, -0.25) is 4.79 Å². The van der Waals surface area contributed by atoms with E-state index in [0.717, 1.165) is 25.7 Å². The molecule has 1 amide bonds. The molecule has 0 aromatic heterocycles. The van der Waals surface area contributed by atoms with E-state index in [2.05, 4.69) is 17.0 Å². The molecule has 0 heterocycles. The maximum Gasteiger partial charge on any atom is 0.233 e. The second kappa shape index (κ2) is 6.18. The van der Waals surface area contributed by atoms with Crippen LogP contribution in [0.4, 0.5) is 0 Å². The largest absolute Gasteiger partial charge is 0.338 e. The van der Waals surface area contributed by atoms with Gasteiger partial charge in [0.2, 0.25) is 5.91 Å². The number of rotatable bonds is 5. The van der Waals surface area contributed by atoms with Crippen LogP contribution < -0.4 is 5.73 Å². The van der Waals surface area contributed by atoms with Gasteiger partial charge in [-0.25, -0.2) is 0 Å². The Hall–Kier alpha value is -1.35. The Balaban J connectivity index is 1.80. The molecule has 2 saturated carbocycles. The minimum absolute atomic E-state index is 0.242. The minimum atomic E-state index is -0.242. The van der Waals surface area contributed by atoms with Gasteiger partial charge in [0.1, 0.15) is 0 Å². The molecule has 114 valence electrons. The van der Waals surface area contributed by atoms with E-state index in [4.69, 9.17) is 5.73 Å². The number of nitrogens with two attached hydrogens (primary N) is 1. The Morgan fingerprint density at radius 1 is 1.14 bits per heavy atom. The fourth-order valence-electron chi connectivity index (χ4n) is 3.76. The van der Waals surface area contributed by atoms with E-state index in [1.807, 2.05) is 18.2 Å². The summed E-state index contributed by atoms with van der Waals surface area (Å²) in [4.78, 5) is 15.3. The predicted molar refractivity (Wildman–Crippen MR) is 85.0 cm³/mol. The molecule has 21 heavy (non-hydrogen) atoms. The van der Waals surface area contributed by atoms with Crippen LogP contribution in [0.3, 0.4) is 0 Å². The molecule has 3 nitrogen and oxygen atoms in total. The van der Waals surface area contributed by atoms with E-state index in [9.17, 15) is 4.79 Å². The van der Waals surface area contributed by atoms with Crippen molar-refractivity contribution in [3.63, 3.8) is 0 Å². The summed E-state index contributed by atoms with van der Waals surface area (Å²) in [6, 6.07) is 10.7. The molecule has 3 heteroatoms. The SMILES string of the molecule is NCCN(C(=O)C1(c2ccccc2)CC1)C1CCCCC1. The first-order chi connectivity index (χ1) is 10.3. The van der Waals surface area contributed by atoms with E-state index in [-0.39, 0.29) is 5.41 Å². The van der Waals surface area contributed by atoms with Gasteiger partial charge in [0.05, 0.1) is 5.41 Å². The topological polar surface area (TPSA) is 46.3 Å². The summed E-state index contributed by atoms with van der Waals surface area (Å²) in [5.41, 5.74) is 6.73. The fraction of sp³-hybridized carbons (Fsp3) is 0.611. The van der Waals surface area contributed by atoms with Gasteiger partial charge < -0.3 is 10.6 Å². The van der Waals surface area contributed by atoms with Crippen LogP contribution in [0.2, 0.25) is 0 Å². The van der Waals surface area contributed by atoms with Crippen molar-refractivity contribution >= 4 is 5.91 Å². The van der Waals surface area contributed by atoms with Gasteiger partial charge in [0.25, 0.3) is 0 Å². The second-order valence-electron chi connectivity index (χ2n) is 6.53. The van der Waals surface area contributed by atoms with Crippen molar-refractivity contribution in [1.82, 2.24) is 4.90 Å². The smallest absolute Gasteiger partial charge is 0.233 e. The molecule has 0 atom stereocenters. The summed E-state index contributed by atoms with van der Waals surface area (Å²) < 4.78 is 0. The minimum Gasteiger partial charge on any atom is -0.338 e. The first-order valence-electron chi connectivity index (χ1n) is 8.34. The van der Waals surface area contributed by atoms with Crippen LogP contribution in [0.1, 0.15) is 50.5 Å². The number of nitrogens with zero attached hydrogens (tertiary/aromatic N) is 1. The van der Waals surface area contributed by atoms with Gasteiger partial charge in [-0.2, -0.15) is 0 Å². The highest BCUT2D eigenvalue weighted by Gasteiger charge is 2.53. The summed E-state index contributed by atoms with van der Waals surface area (Å²) >= 11 is 0. The van der Waals surface area contributed by atoms with Crippen molar-refractivity contribution in [2.75, 3.05) is 13.1 Å². The Kier molecular flexibility index (Phi) is 4.29. The molecule has 1 aromatic rings. The van der Waals surface area contributed by atoms with Crippen LogP contribution in [-0.2, 0) is 10.2 Å². The van der Waals surface area contributed by atoms with E-state index in [0.29, 0.717) is 25.0 Å². The van der Waals surface area contributed by atoms with Crippen LogP contribution in [0.25, 0.3) is 0 Å². The van der Waals surface area contributed by atoms with E-state index in [1.54, 1.807) is 0 Å². The molecule has 1 aromatic carbocycles. The van der Waals surface area contributed by atoms with Crippen LogP contribution in [0.15, 0.2) is 30.3 Å². The van der Waals surface area contributed by atoms with E-state index < -0.39 is 0 Å². The third kappa shape index (κ3) is 2.84. The highest BCUT2D eigenvalue weighted by Crippen LogP contribution is 2.50. The van der Waals surface area contributed by atoms with Gasteiger partial charge in [-0.05, 0) is 31.2 Å². The van der Waals surface area contributed by atoms with Crippen LogP contribution in [0.5, 0.6) is 0 Å². The van der Waals surface area contributed by atoms with Crippen molar-refractivity contribution < 1.29 is 4.79 Å². The van der Waals surface area contributed by atoms with Crippen LogP contribution >= 0.6 is 0 Å². The number of benzene rings is 1. The molecule has 2 aliphatic carbocycles. The molecular weight excluding hydrogens is 260 g/mol. The molecule has 2 fully saturated rings.